The molecule has 29 heavy (non-hydrogen) atoms. The van der Waals surface area contributed by atoms with Gasteiger partial charge in [-0.2, -0.15) is 0 Å². The molecular formula is C23H21NO5. The zero-order chi connectivity index (χ0) is 20.2. The summed E-state index contributed by atoms with van der Waals surface area (Å²) in [5, 5.41) is 0. The number of ketones is 1. The first kappa shape index (κ1) is 19.2. The van der Waals surface area contributed by atoms with Crippen molar-refractivity contribution in [3.63, 3.8) is 0 Å². The molecule has 3 atom stereocenters. The quantitative estimate of drug-likeness (QED) is 0.442. The van der Waals surface area contributed by atoms with Gasteiger partial charge in [0.15, 0.2) is 18.2 Å². The Morgan fingerprint density at radius 2 is 1.76 bits per heavy atom. The summed E-state index contributed by atoms with van der Waals surface area (Å²) < 4.78 is 17.1. The van der Waals surface area contributed by atoms with Crippen LogP contribution in [0.25, 0.3) is 0 Å². The highest BCUT2D eigenvalue weighted by Gasteiger charge is 2.38. The number of aliphatic imine (C=N–C) groups is 1. The zero-order valence-corrected chi connectivity index (χ0v) is 16.0. The molecule has 0 radical (unpaired) electrons. The zero-order valence-electron chi connectivity index (χ0n) is 16.0. The Labute approximate surface area is 168 Å². The average molecular weight is 391 g/mol. The molecule has 2 aliphatic rings. The number of rotatable bonds is 5. The van der Waals surface area contributed by atoms with Crippen LogP contribution in [0.4, 0.5) is 0 Å². The van der Waals surface area contributed by atoms with Crippen LogP contribution in [0.1, 0.15) is 35.6 Å². The van der Waals surface area contributed by atoms with Gasteiger partial charge in [-0.15, -0.1) is 0 Å². The van der Waals surface area contributed by atoms with Crippen molar-refractivity contribution in [2.75, 3.05) is 6.61 Å². The largest absolute Gasteiger partial charge is 0.452 e. The van der Waals surface area contributed by atoms with Crippen molar-refractivity contribution in [2.45, 2.75) is 31.8 Å². The maximum absolute atomic E-state index is 12.3. The number of benzene rings is 2. The minimum atomic E-state index is -0.539. The van der Waals surface area contributed by atoms with Crippen molar-refractivity contribution in [2.24, 2.45) is 4.99 Å². The molecule has 1 fully saturated rings. The van der Waals surface area contributed by atoms with Crippen molar-refractivity contribution >= 4 is 17.5 Å². The van der Waals surface area contributed by atoms with Gasteiger partial charge >= 0.3 is 5.97 Å². The van der Waals surface area contributed by atoms with Gasteiger partial charge in [-0.3, -0.25) is 9.79 Å². The van der Waals surface area contributed by atoms with Gasteiger partial charge in [-0.25, -0.2) is 4.79 Å². The van der Waals surface area contributed by atoms with Gasteiger partial charge < -0.3 is 14.2 Å². The second kappa shape index (κ2) is 8.51. The van der Waals surface area contributed by atoms with E-state index >= 15 is 0 Å². The van der Waals surface area contributed by atoms with Gasteiger partial charge in [0.2, 0.25) is 0 Å². The molecule has 2 aromatic rings. The number of carbonyl (C=O) groups excluding carboxylic acids is 2. The lowest BCUT2D eigenvalue weighted by molar-refractivity contribution is -0.252. The number of esters is 1. The number of fused-ring (bicyclic) bond motifs is 1. The smallest absolute Gasteiger partial charge is 0.357 e. The number of hydrogen-bond donors (Lipinski definition) is 0. The van der Waals surface area contributed by atoms with Crippen LogP contribution in [0.3, 0.4) is 0 Å². The molecule has 6 nitrogen and oxygen atoms in total. The monoisotopic (exact) mass is 391 g/mol. The van der Waals surface area contributed by atoms with Crippen LogP contribution in [-0.4, -0.2) is 36.3 Å². The van der Waals surface area contributed by atoms with Gasteiger partial charge in [0.25, 0.3) is 0 Å². The summed E-state index contributed by atoms with van der Waals surface area (Å²) in [4.78, 5) is 29.0. The third-order valence-corrected chi connectivity index (χ3v) is 4.74. The Hall–Kier alpha value is -3.09. The summed E-state index contributed by atoms with van der Waals surface area (Å²) in [6, 6.07) is 18.6. The first-order valence-corrected chi connectivity index (χ1v) is 9.47. The lowest BCUT2D eigenvalue weighted by atomic mass is 10.1. The molecule has 148 valence electrons. The molecule has 2 aromatic carbocycles. The summed E-state index contributed by atoms with van der Waals surface area (Å²) in [6.07, 6.45) is 0.289. The molecular weight excluding hydrogens is 370 g/mol. The molecule has 0 unspecified atom stereocenters. The number of ether oxygens (including phenoxy) is 3. The fourth-order valence-electron chi connectivity index (χ4n) is 3.29. The predicted molar refractivity (Wildman–Crippen MR) is 106 cm³/mol. The van der Waals surface area contributed by atoms with Gasteiger partial charge in [-0.05, 0) is 13.0 Å². The third-order valence-electron chi connectivity index (χ3n) is 4.74. The molecule has 0 saturated carbocycles. The fraction of sp³-hybridized carbons (Fsp3) is 0.261. The number of Topliss-reactive ketones (excluding diaryl/α,β-unsaturated/α-hetero) is 1. The standard InChI is InChI=1S/C23H21NO5/c1-15(12-19(25)16-8-4-2-5-9-16)24-18-13-20-21(28-22(18)26)14-27-23(29-20)17-10-6-3-7-11-17/h2-11,13,20-21,23H,12,14H2,1H3/t20-,21+,23+/m1/s1. The number of carbonyl (C=O) groups is 2. The topological polar surface area (TPSA) is 74.2 Å². The SMILES string of the molecule is CC(CC(=O)c1ccccc1)=NC1=C[C@H]2O[C@@H](c3ccccc3)OC[C@@H]2OC1=O. The molecule has 0 aromatic heterocycles. The van der Waals surface area contributed by atoms with Crippen molar-refractivity contribution in [1.29, 1.82) is 0 Å². The third kappa shape index (κ3) is 4.50. The molecule has 0 bridgehead atoms. The van der Waals surface area contributed by atoms with E-state index in [1.165, 1.54) is 0 Å². The van der Waals surface area contributed by atoms with Crippen LogP contribution in [0.2, 0.25) is 0 Å². The maximum Gasteiger partial charge on any atom is 0.357 e. The lowest BCUT2D eigenvalue weighted by Gasteiger charge is -2.37. The van der Waals surface area contributed by atoms with E-state index in [1.54, 1.807) is 25.1 Å². The Bertz CT molecular complexity index is 952. The van der Waals surface area contributed by atoms with Crippen molar-refractivity contribution < 1.29 is 23.8 Å². The highest BCUT2D eigenvalue weighted by Crippen LogP contribution is 2.31. The maximum atomic E-state index is 12.3. The second-order valence-electron chi connectivity index (χ2n) is 6.99. The number of nitrogens with zero attached hydrogens (tertiary/aromatic N) is 1. The van der Waals surface area contributed by atoms with Crippen molar-refractivity contribution in [3.8, 4) is 0 Å². The highest BCUT2D eigenvalue weighted by atomic mass is 16.7. The lowest BCUT2D eigenvalue weighted by Crippen LogP contribution is -2.45. The summed E-state index contributed by atoms with van der Waals surface area (Å²) in [5.41, 5.74) is 2.19. The molecule has 2 aliphatic heterocycles. The van der Waals surface area contributed by atoms with Crippen LogP contribution in [-0.2, 0) is 19.0 Å². The summed E-state index contributed by atoms with van der Waals surface area (Å²) in [6.45, 7) is 1.97. The summed E-state index contributed by atoms with van der Waals surface area (Å²) in [5.74, 6) is -0.593. The first-order valence-electron chi connectivity index (χ1n) is 9.47. The van der Waals surface area contributed by atoms with Gasteiger partial charge in [0.05, 0.1) is 6.61 Å². The highest BCUT2D eigenvalue weighted by molar-refractivity contribution is 6.10. The molecule has 6 heteroatoms. The van der Waals surface area contributed by atoms with Crippen LogP contribution in [0.5, 0.6) is 0 Å². The Kier molecular flexibility index (Phi) is 5.64. The fourth-order valence-corrected chi connectivity index (χ4v) is 3.29. The second-order valence-corrected chi connectivity index (χ2v) is 6.99. The van der Waals surface area contributed by atoms with E-state index in [1.807, 2.05) is 48.5 Å². The Morgan fingerprint density at radius 3 is 2.48 bits per heavy atom. The molecule has 4 rings (SSSR count). The van der Waals surface area contributed by atoms with Crippen LogP contribution in [0.15, 0.2) is 77.4 Å². The minimum Gasteiger partial charge on any atom is -0.452 e. The van der Waals surface area contributed by atoms with Crippen molar-refractivity contribution in [3.05, 3.63) is 83.6 Å². The predicted octanol–water partition coefficient (Wildman–Crippen LogP) is 3.64. The summed E-state index contributed by atoms with van der Waals surface area (Å²) >= 11 is 0. The van der Waals surface area contributed by atoms with E-state index < -0.39 is 24.5 Å². The van der Waals surface area contributed by atoms with E-state index in [4.69, 9.17) is 14.2 Å². The van der Waals surface area contributed by atoms with E-state index in [0.29, 0.717) is 11.3 Å². The van der Waals surface area contributed by atoms with E-state index in [-0.39, 0.29) is 24.5 Å². The van der Waals surface area contributed by atoms with Gasteiger partial charge in [0.1, 0.15) is 11.8 Å². The van der Waals surface area contributed by atoms with E-state index in [0.717, 1.165) is 5.56 Å². The number of hydrogen-bond acceptors (Lipinski definition) is 6. The van der Waals surface area contributed by atoms with E-state index in [2.05, 4.69) is 4.99 Å². The Morgan fingerprint density at radius 1 is 1.07 bits per heavy atom. The van der Waals surface area contributed by atoms with Crippen LogP contribution >= 0.6 is 0 Å². The normalized spacial score (nSPS) is 24.3. The average Bonchev–Trinajstić information content (AvgIpc) is 2.75. The van der Waals surface area contributed by atoms with Crippen LogP contribution in [0, 0.1) is 0 Å². The molecule has 0 amide bonds. The minimum absolute atomic E-state index is 0.0547. The summed E-state index contributed by atoms with van der Waals surface area (Å²) in [7, 11) is 0. The molecule has 2 heterocycles. The molecule has 0 aliphatic carbocycles. The van der Waals surface area contributed by atoms with Gasteiger partial charge in [0, 0.05) is 23.3 Å². The molecule has 0 N–H and O–H groups in total. The molecule has 0 spiro atoms. The Balaban J connectivity index is 1.48. The first-order chi connectivity index (χ1) is 14.1. The van der Waals surface area contributed by atoms with Crippen LogP contribution < -0.4 is 0 Å². The van der Waals surface area contributed by atoms with Crippen molar-refractivity contribution in [1.82, 2.24) is 0 Å². The molecule has 1 saturated heterocycles. The van der Waals surface area contributed by atoms with Gasteiger partial charge in [-0.1, -0.05) is 60.7 Å². The van der Waals surface area contributed by atoms with E-state index in [9.17, 15) is 9.59 Å².